The van der Waals surface area contributed by atoms with E-state index < -0.39 is 28.9 Å². The van der Waals surface area contributed by atoms with Crippen LogP contribution in [-0.4, -0.2) is 29.0 Å². The first kappa shape index (κ1) is 22.2. The zero-order valence-corrected chi connectivity index (χ0v) is 17.2. The summed E-state index contributed by atoms with van der Waals surface area (Å²) in [7, 11) is 1.37. The Morgan fingerprint density at radius 1 is 1.19 bits per heavy atom. The van der Waals surface area contributed by atoms with E-state index in [0.717, 1.165) is 23.6 Å². The number of rotatable bonds is 5. The zero-order chi connectivity index (χ0) is 22.8. The van der Waals surface area contributed by atoms with Crippen LogP contribution in [0.25, 0.3) is 0 Å². The van der Waals surface area contributed by atoms with Crippen LogP contribution in [0.2, 0.25) is 0 Å². The lowest BCUT2D eigenvalue weighted by Gasteiger charge is -2.49. The van der Waals surface area contributed by atoms with E-state index >= 15 is 0 Å². The predicted molar refractivity (Wildman–Crippen MR) is 111 cm³/mol. The fraction of sp³-hybridized carbons (Fsp3) is 0.286. The minimum atomic E-state index is -4.78. The number of hydrogen-bond acceptors (Lipinski definition) is 5. The van der Waals surface area contributed by atoms with Crippen LogP contribution in [0.5, 0.6) is 0 Å². The second kappa shape index (κ2) is 8.32. The molecular weight excluding hydrogens is 427 g/mol. The SMILES string of the molecule is CN(C(=O)C1(N(C=S)c2ccc(C#N)cc2)CCC1)c1cnc(C#N)c(C(F)(F)F)c1. The molecule has 1 aliphatic rings. The average molecular weight is 443 g/mol. The van der Waals surface area contributed by atoms with E-state index in [1.165, 1.54) is 18.6 Å². The summed E-state index contributed by atoms with van der Waals surface area (Å²) in [5, 5.41) is 17.9. The number of hydrogen-bond donors (Lipinski definition) is 0. The van der Waals surface area contributed by atoms with Crippen LogP contribution in [0.3, 0.4) is 0 Å². The Labute approximate surface area is 182 Å². The molecule has 6 nitrogen and oxygen atoms in total. The smallest absolute Gasteiger partial charge is 0.323 e. The Hall–Kier alpha value is -3.50. The van der Waals surface area contributed by atoms with Gasteiger partial charge in [-0.1, -0.05) is 12.2 Å². The minimum absolute atomic E-state index is 0.0771. The summed E-state index contributed by atoms with van der Waals surface area (Å²) in [6, 6.07) is 10.7. The highest BCUT2D eigenvalue weighted by molar-refractivity contribution is 7.79. The quantitative estimate of drug-likeness (QED) is 0.645. The number of alkyl halides is 3. The summed E-state index contributed by atoms with van der Waals surface area (Å²) in [5.74, 6) is -0.441. The fourth-order valence-electron chi connectivity index (χ4n) is 3.55. The summed E-state index contributed by atoms with van der Waals surface area (Å²) in [5.41, 5.74) is -0.706. The molecule has 1 saturated carbocycles. The summed E-state index contributed by atoms with van der Waals surface area (Å²) in [6.45, 7) is 0. The lowest BCUT2D eigenvalue weighted by atomic mass is 9.74. The van der Waals surface area contributed by atoms with Crippen molar-refractivity contribution in [2.45, 2.75) is 31.0 Å². The molecular formula is C21H16F3N5OS. The molecule has 0 bridgehead atoms. The van der Waals surface area contributed by atoms with Crippen LogP contribution < -0.4 is 9.80 Å². The monoisotopic (exact) mass is 443 g/mol. The van der Waals surface area contributed by atoms with Gasteiger partial charge in [-0.25, -0.2) is 4.98 Å². The number of halogens is 3. The molecule has 0 aliphatic heterocycles. The molecule has 0 unspecified atom stereocenters. The number of aromatic nitrogens is 1. The zero-order valence-electron chi connectivity index (χ0n) is 16.3. The molecule has 0 N–H and O–H groups in total. The Bertz CT molecular complexity index is 1100. The summed E-state index contributed by atoms with van der Waals surface area (Å²) >= 11 is 5.16. The summed E-state index contributed by atoms with van der Waals surface area (Å²) in [6.07, 6.45) is -2.05. The lowest BCUT2D eigenvalue weighted by Crippen LogP contribution is -2.63. The third-order valence-corrected chi connectivity index (χ3v) is 5.61. The van der Waals surface area contributed by atoms with Crippen LogP contribution in [0.15, 0.2) is 36.5 Å². The Balaban J connectivity index is 1.98. The minimum Gasteiger partial charge on any atom is -0.323 e. The van der Waals surface area contributed by atoms with Crippen LogP contribution in [0.4, 0.5) is 24.5 Å². The van der Waals surface area contributed by atoms with Crippen molar-refractivity contribution in [1.29, 1.82) is 10.5 Å². The number of anilines is 2. The van der Waals surface area contributed by atoms with E-state index in [1.807, 2.05) is 6.07 Å². The van der Waals surface area contributed by atoms with Crippen molar-refractivity contribution in [2.75, 3.05) is 16.8 Å². The van der Waals surface area contributed by atoms with Crippen molar-refractivity contribution in [1.82, 2.24) is 4.98 Å². The van der Waals surface area contributed by atoms with Crippen LogP contribution in [0, 0.1) is 22.7 Å². The first-order chi connectivity index (χ1) is 14.7. The first-order valence-corrected chi connectivity index (χ1v) is 9.65. The van der Waals surface area contributed by atoms with Gasteiger partial charge in [0.25, 0.3) is 5.91 Å². The van der Waals surface area contributed by atoms with Gasteiger partial charge in [-0.3, -0.25) is 4.79 Å². The molecule has 1 heterocycles. The van der Waals surface area contributed by atoms with E-state index in [4.69, 9.17) is 22.7 Å². The highest BCUT2D eigenvalue weighted by Gasteiger charge is 2.50. The topological polar surface area (TPSA) is 84.0 Å². The standard InChI is InChI=1S/C21H16F3N5OS/c1-28(16-9-17(21(22,23)24)18(11-26)27-12-16)19(30)20(7-2-8-20)29(13-31)15-5-3-14(10-25)4-6-15/h3-6,9,12-13H,2,7-8H2,1H3. The molecule has 1 fully saturated rings. The first-order valence-electron chi connectivity index (χ1n) is 9.18. The van der Waals surface area contributed by atoms with Gasteiger partial charge in [-0.05, 0) is 49.6 Å². The van der Waals surface area contributed by atoms with Gasteiger partial charge in [-0.15, -0.1) is 0 Å². The van der Waals surface area contributed by atoms with Crippen molar-refractivity contribution in [3.8, 4) is 12.1 Å². The molecule has 0 atom stereocenters. The number of thiocarbonyl (C=S) groups is 1. The van der Waals surface area contributed by atoms with Gasteiger partial charge in [-0.2, -0.15) is 23.7 Å². The maximum Gasteiger partial charge on any atom is 0.419 e. The molecule has 0 spiro atoms. The van der Waals surface area contributed by atoms with Gasteiger partial charge in [0.15, 0.2) is 5.69 Å². The second-order valence-electron chi connectivity index (χ2n) is 7.08. The number of benzene rings is 1. The molecule has 1 aromatic heterocycles. The molecule has 3 rings (SSSR count). The van der Waals surface area contributed by atoms with E-state index in [2.05, 4.69) is 4.98 Å². The van der Waals surface area contributed by atoms with Gasteiger partial charge >= 0.3 is 6.18 Å². The third kappa shape index (κ3) is 3.94. The third-order valence-electron chi connectivity index (χ3n) is 5.40. The number of pyridine rings is 1. The Morgan fingerprint density at radius 3 is 2.29 bits per heavy atom. The maximum atomic E-state index is 13.5. The number of carbonyl (C=O) groups excluding carboxylic acids is 1. The highest BCUT2D eigenvalue weighted by Crippen LogP contribution is 2.42. The molecule has 10 heteroatoms. The number of carbonyl (C=O) groups is 1. The Kier molecular flexibility index (Phi) is 5.96. The number of likely N-dealkylation sites (N-methyl/N-ethyl adjacent to an activating group) is 1. The van der Waals surface area contributed by atoms with Crippen molar-refractivity contribution < 1.29 is 18.0 Å². The number of nitriles is 2. The Morgan fingerprint density at radius 2 is 1.84 bits per heavy atom. The number of nitrogens with zero attached hydrogens (tertiary/aromatic N) is 5. The van der Waals surface area contributed by atoms with Crippen LogP contribution >= 0.6 is 12.2 Å². The van der Waals surface area contributed by atoms with E-state index in [0.29, 0.717) is 24.1 Å². The summed E-state index contributed by atoms with van der Waals surface area (Å²) < 4.78 is 39.9. The van der Waals surface area contributed by atoms with E-state index in [9.17, 15) is 18.0 Å². The predicted octanol–water partition coefficient (Wildman–Crippen LogP) is 4.19. The van der Waals surface area contributed by atoms with Gasteiger partial charge in [0.2, 0.25) is 0 Å². The molecule has 0 radical (unpaired) electrons. The van der Waals surface area contributed by atoms with Gasteiger partial charge in [0.1, 0.15) is 11.6 Å². The van der Waals surface area contributed by atoms with E-state index in [-0.39, 0.29) is 5.69 Å². The fourth-order valence-corrected chi connectivity index (χ4v) is 3.87. The largest absolute Gasteiger partial charge is 0.419 e. The lowest BCUT2D eigenvalue weighted by molar-refractivity contribution is -0.138. The van der Waals surface area contributed by atoms with E-state index in [1.54, 1.807) is 29.2 Å². The van der Waals surface area contributed by atoms with Crippen molar-refractivity contribution in [3.05, 3.63) is 53.3 Å². The normalized spacial score (nSPS) is 14.5. The van der Waals surface area contributed by atoms with Gasteiger partial charge < -0.3 is 9.80 Å². The molecule has 158 valence electrons. The molecule has 1 aliphatic carbocycles. The molecule has 2 aromatic rings. The van der Waals surface area contributed by atoms with Gasteiger partial charge in [0, 0.05) is 12.7 Å². The number of amides is 1. The van der Waals surface area contributed by atoms with Crippen molar-refractivity contribution in [3.63, 3.8) is 0 Å². The van der Waals surface area contributed by atoms with Crippen LogP contribution in [-0.2, 0) is 11.0 Å². The molecule has 0 saturated heterocycles. The molecule has 1 amide bonds. The van der Waals surface area contributed by atoms with Gasteiger partial charge in [0.05, 0.1) is 34.6 Å². The second-order valence-corrected chi connectivity index (χ2v) is 7.29. The maximum absolute atomic E-state index is 13.5. The molecule has 31 heavy (non-hydrogen) atoms. The molecule has 1 aromatic carbocycles. The van der Waals surface area contributed by atoms with Crippen molar-refractivity contribution in [2.24, 2.45) is 0 Å². The van der Waals surface area contributed by atoms with Crippen molar-refractivity contribution >= 4 is 35.0 Å². The average Bonchev–Trinajstić information content (AvgIpc) is 2.74. The van der Waals surface area contributed by atoms with Crippen LogP contribution in [0.1, 0.15) is 36.1 Å². The highest BCUT2D eigenvalue weighted by atomic mass is 32.1. The summed E-state index contributed by atoms with van der Waals surface area (Å²) in [4.78, 5) is 19.8.